The molecule has 2 amide bonds. The minimum atomic E-state index is -1.05. The van der Waals surface area contributed by atoms with E-state index in [2.05, 4.69) is 5.32 Å². The lowest BCUT2D eigenvalue weighted by Gasteiger charge is -2.37. The minimum Gasteiger partial charge on any atom is -0.352 e. The van der Waals surface area contributed by atoms with Gasteiger partial charge in [0, 0.05) is 25.2 Å². The van der Waals surface area contributed by atoms with Gasteiger partial charge in [0.25, 0.3) is 5.91 Å². The van der Waals surface area contributed by atoms with Gasteiger partial charge in [0.2, 0.25) is 5.91 Å². The fourth-order valence-electron chi connectivity index (χ4n) is 3.58. The lowest BCUT2D eigenvalue weighted by molar-refractivity contribution is -0.138. The van der Waals surface area contributed by atoms with Crippen LogP contribution in [-0.2, 0) is 10.3 Å². The Hall–Kier alpha value is -2.66. The first kappa shape index (κ1) is 19.1. The molecule has 3 rings (SSSR count). The van der Waals surface area contributed by atoms with E-state index in [0.29, 0.717) is 25.2 Å². The van der Waals surface area contributed by atoms with Crippen LogP contribution in [0.5, 0.6) is 0 Å². The summed E-state index contributed by atoms with van der Waals surface area (Å²) in [6.45, 7) is 3.66. The highest BCUT2D eigenvalue weighted by molar-refractivity contribution is 5.94. The Bertz CT molecular complexity index is 775. The zero-order valence-electron chi connectivity index (χ0n) is 15.7. The van der Waals surface area contributed by atoms with Gasteiger partial charge < -0.3 is 16.0 Å². The van der Waals surface area contributed by atoms with Crippen LogP contribution in [0.1, 0.15) is 35.7 Å². The maximum Gasteiger partial charge on any atom is 0.251 e. The summed E-state index contributed by atoms with van der Waals surface area (Å²) in [7, 11) is 0. The number of hydrogen-bond acceptors (Lipinski definition) is 3. The molecule has 5 nitrogen and oxygen atoms in total. The highest BCUT2D eigenvalue weighted by Crippen LogP contribution is 2.24. The van der Waals surface area contributed by atoms with Gasteiger partial charge in [-0.15, -0.1) is 0 Å². The van der Waals surface area contributed by atoms with E-state index in [1.165, 1.54) is 0 Å². The Balaban J connectivity index is 1.59. The van der Waals surface area contributed by atoms with Gasteiger partial charge in [0.15, 0.2) is 0 Å². The van der Waals surface area contributed by atoms with Crippen molar-refractivity contribution >= 4 is 11.8 Å². The fraction of sp³-hybridized carbons (Fsp3) is 0.364. The molecule has 0 radical (unpaired) electrons. The van der Waals surface area contributed by atoms with Crippen molar-refractivity contribution < 1.29 is 9.59 Å². The van der Waals surface area contributed by atoms with E-state index in [-0.39, 0.29) is 17.7 Å². The number of nitrogens with two attached hydrogens (primary N) is 1. The van der Waals surface area contributed by atoms with Crippen molar-refractivity contribution in [1.29, 1.82) is 0 Å². The molecule has 1 fully saturated rings. The number of nitrogens with one attached hydrogen (secondary N) is 1. The average Bonchev–Trinajstić information content (AvgIpc) is 2.73. The molecule has 0 aromatic heterocycles. The van der Waals surface area contributed by atoms with E-state index in [1.54, 1.807) is 19.1 Å². The van der Waals surface area contributed by atoms with Crippen LogP contribution in [0, 0.1) is 5.92 Å². The van der Waals surface area contributed by atoms with Gasteiger partial charge >= 0.3 is 0 Å². The first-order valence-corrected chi connectivity index (χ1v) is 9.45. The van der Waals surface area contributed by atoms with Crippen molar-refractivity contribution in [2.24, 2.45) is 11.7 Å². The maximum absolute atomic E-state index is 13.0. The number of piperidine rings is 1. The van der Waals surface area contributed by atoms with Gasteiger partial charge in [-0.3, -0.25) is 9.59 Å². The average molecular weight is 365 g/mol. The van der Waals surface area contributed by atoms with Crippen LogP contribution in [0.2, 0.25) is 0 Å². The third-order valence-electron chi connectivity index (χ3n) is 5.21. The molecule has 27 heavy (non-hydrogen) atoms. The summed E-state index contributed by atoms with van der Waals surface area (Å²) in [5.41, 5.74) is 6.82. The lowest BCUT2D eigenvalue weighted by atomic mass is 9.89. The van der Waals surface area contributed by atoms with Crippen LogP contribution < -0.4 is 11.1 Å². The van der Waals surface area contributed by atoms with Crippen molar-refractivity contribution in [3.8, 4) is 0 Å². The molecule has 0 saturated carbocycles. The minimum absolute atomic E-state index is 0.0622. The third-order valence-corrected chi connectivity index (χ3v) is 5.21. The quantitative estimate of drug-likeness (QED) is 0.855. The SMILES string of the molecule is CC(N)(C(=O)N1CCCC(CNC(=O)c2ccccc2)C1)c1ccccc1. The molecule has 0 aliphatic carbocycles. The molecular formula is C22H27N3O2. The van der Waals surface area contributed by atoms with Crippen LogP contribution >= 0.6 is 0 Å². The molecule has 2 aromatic rings. The predicted octanol–water partition coefficient (Wildman–Crippen LogP) is 2.53. The van der Waals surface area contributed by atoms with Gasteiger partial charge in [0.05, 0.1) is 0 Å². The summed E-state index contributed by atoms with van der Waals surface area (Å²) >= 11 is 0. The van der Waals surface area contributed by atoms with Crippen molar-refractivity contribution in [2.75, 3.05) is 19.6 Å². The number of nitrogens with zero attached hydrogens (tertiary/aromatic N) is 1. The molecule has 142 valence electrons. The molecule has 2 atom stereocenters. The van der Waals surface area contributed by atoms with Crippen LogP contribution in [0.3, 0.4) is 0 Å². The summed E-state index contributed by atoms with van der Waals surface area (Å²) in [6.07, 6.45) is 1.91. The summed E-state index contributed by atoms with van der Waals surface area (Å²) in [5.74, 6) is 0.0988. The van der Waals surface area contributed by atoms with Crippen molar-refractivity contribution in [3.05, 3.63) is 71.8 Å². The Morgan fingerprint density at radius 2 is 1.74 bits per heavy atom. The second-order valence-electron chi connectivity index (χ2n) is 7.40. The zero-order chi connectivity index (χ0) is 19.3. The Morgan fingerprint density at radius 1 is 1.11 bits per heavy atom. The van der Waals surface area contributed by atoms with Crippen molar-refractivity contribution in [2.45, 2.75) is 25.3 Å². The molecule has 1 aliphatic rings. The molecule has 1 heterocycles. The van der Waals surface area contributed by atoms with Crippen LogP contribution in [0.15, 0.2) is 60.7 Å². The summed E-state index contributed by atoms with van der Waals surface area (Å²) < 4.78 is 0. The summed E-state index contributed by atoms with van der Waals surface area (Å²) in [6, 6.07) is 18.7. The molecule has 0 spiro atoms. The third kappa shape index (κ3) is 4.55. The number of rotatable bonds is 5. The van der Waals surface area contributed by atoms with Gasteiger partial charge in [0.1, 0.15) is 5.54 Å². The van der Waals surface area contributed by atoms with Crippen LogP contribution in [0.25, 0.3) is 0 Å². The second kappa shape index (κ2) is 8.35. The van der Waals surface area contributed by atoms with E-state index >= 15 is 0 Å². The highest BCUT2D eigenvalue weighted by Gasteiger charge is 2.36. The Kier molecular flexibility index (Phi) is 5.91. The topological polar surface area (TPSA) is 75.4 Å². The molecule has 1 saturated heterocycles. The lowest BCUT2D eigenvalue weighted by Crippen LogP contribution is -2.54. The zero-order valence-corrected chi connectivity index (χ0v) is 15.7. The van der Waals surface area contributed by atoms with Crippen molar-refractivity contribution in [3.63, 3.8) is 0 Å². The highest BCUT2D eigenvalue weighted by atomic mass is 16.2. The summed E-state index contributed by atoms with van der Waals surface area (Å²) in [5, 5.41) is 2.99. The van der Waals surface area contributed by atoms with E-state index in [4.69, 9.17) is 5.73 Å². The van der Waals surface area contributed by atoms with Gasteiger partial charge in [-0.25, -0.2) is 0 Å². The molecular weight excluding hydrogens is 338 g/mol. The number of benzene rings is 2. The Labute approximate surface area is 160 Å². The number of likely N-dealkylation sites (tertiary alicyclic amines) is 1. The largest absolute Gasteiger partial charge is 0.352 e. The van der Waals surface area contributed by atoms with Gasteiger partial charge in [-0.05, 0) is 43.4 Å². The first-order chi connectivity index (χ1) is 13.0. The number of carbonyl (C=O) groups excluding carboxylic acids is 2. The van der Waals surface area contributed by atoms with E-state index in [1.807, 2.05) is 53.4 Å². The number of hydrogen-bond donors (Lipinski definition) is 2. The standard InChI is InChI=1S/C22H27N3O2/c1-22(23,19-12-6-3-7-13-19)21(27)25-14-8-9-17(16-25)15-24-20(26)18-10-4-2-5-11-18/h2-7,10-13,17H,8-9,14-16,23H2,1H3,(H,24,26). The van der Waals surface area contributed by atoms with Crippen LogP contribution in [0.4, 0.5) is 0 Å². The molecule has 1 aliphatic heterocycles. The van der Waals surface area contributed by atoms with E-state index in [0.717, 1.165) is 18.4 Å². The smallest absolute Gasteiger partial charge is 0.251 e. The molecule has 2 aromatic carbocycles. The van der Waals surface area contributed by atoms with Gasteiger partial charge in [-0.1, -0.05) is 48.5 Å². The van der Waals surface area contributed by atoms with Crippen molar-refractivity contribution in [1.82, 2.24) is 10.2 Å². The molecule has 5 heteroatoms. The molecule has 0 bridgehead atoms. The first-order valence-electron chi connectivity index (χ1n) is 9.45. The van der Waals surface area contributed by atoms with E-state index < -0.39 is 5.54 Å². The van der Waals surface area contributed by atoms with Crippen LogP contribution in [-0.4, -0.2) is 36.3 Å². The number of amides is 2. The van der Waals surface area contributed by atoms with E-state index in [9.17, 15) is 9.59 Å². The summed E-state index contributed by atoms with van der Waals surface area (Å²) in [4.78, 5) is 27.1. The van der Waals surface area contributed by atoms with Gasteiger partial charge in [-0.2, -0.15) is 0 Å². The maximum atomic E-state index is 13.0. The predicted molar refractivity (Wildman–Crippen MR) is 106 cm³/mol. The normalized spacial score (nSPS) is 19.2. The number of carbonyl (C=O) groups is 2. The fourth-order valence-corrected chi connectivity index (χ4v) is 3.58. The monoisotopic (exact) mass is 365 g/mol. The molecule has 3 N–H and O–H groups in total. The Morgan fingerprint density at radius 3 is 2.41 bits per heavy atom. The second-order valence-corrected chi connectivity index (χ2v) is 7.40. The molecule has 2 unspecified atom stereocenters.